The number of anilines is 1. The molecule has 1 amide bonds. The normalized spacial score (nSPS) is 17.4. The van der Waals surface area contributed by atoms with E-state index in [2.05, 4.69) is 22.4 Å². The van der Waals surface area contributed by atoms with Crippen molar-refractivity contribution in [3.05, 3.63) is 41.3 Å². The van der Waals surface area contributed by atoms with Crippen molar-refractivity contribution < 1.29 is 9.32 Å². The molecular weight excluding hydrogens is 298 g/mol. The Bertz CT molecular complexity index is 819. The monoisotopic (exact) mass is 313 g/mol. The molecule has 2 aromatic heterocycles. The van der Waals surface area contributed by atoms with Gasteiger partial charge in [-0.25, -0.2) is 4.98 Å². The molecule has 22 heavy (non-hydrogen) atoms. The number of fused-ring (bicyclic) bond motifs is 2. The van der Waals surface area contributed by atoms with Gasteiger partial charge in [0.05, 0.1) is 10.2 Å². The van der Waals surface area contributed by atoms with Crippen LogP contribution >= 0.6 is 11.3 Å². The predicted molar refractivity (Wildman–Crippen MR) is 85.3 cm³/mol. The van der Waals surface area contributed by atoms with E-state index in [-0.39, 0.29) is 5.91 Å². The third kappa shape index (κ3) is 2.29. The van der Waals surface area contributed by atoms with Gasteiger partial charge in [0.2, 0.25) is 0 Å². The summed E-state index contributed by atoms with van der Waals surface area (Å²) in [4.78, 5) is 16.9. The topological polar surface area (TPSA) is 68.0 Å². The third-order valence-corrected chi connectivity index (χ3v) is 4.97. The maximum Gasteiger partial charge on any atom is 0.279 e. The van der Waals surface area contributed by atoms with Gasteiger partial charge in [0.25, 0.3) is 5.91 Å². The van der Waals surface area contributed by atoms with Crippen LogP contribution in [0.4, 0.5) is 5.13 Å². The fourth-order valence-corrected chi connectivity index (χ4v) is 3.70. The predicted octanol–water partition coefficient (Wildman–Crippen LogP) is 3.66. The summed E-state index contributed by atoms with van der Waals surface area (Å²) in [6.07, 6.45) is 2.79. The van der Waals surface area contributed by atoms with E-state index in [1.807, 2.05) is 24.3 Å². The Morgan fingerprint density at radius 2 is 2.27 bits per heavy atom. The zero-order valence-corrected chi connectivity index (χ0v) is 12.9. The highest BCUT2D eigenvalue weighted by Gasteiger charge is 2.27. The van der Waals surface area contributed by atoms with Crippen LogP contribution < -0.4 is 5.32 Å². The van der Waals surface area contributed by atoms with Crippen molar-refractivity contribution in [1.82, 2.24) is 10.1 Å². The Morgan fingerprint density at radius 1 is 1.41 bits per heavy atom. The van der Waals surface area contributed by atoms with E-state index in [0.717, 1.165) is 40.8 Å². The molecule has 0 aliphatic heterocycles. The lowest BCUT2D eigenvalue weighted by Gasteiger charge is -2.16. The molecule has 5 nitrogen and oxygen atoms in total. The number of thiazole rings is 1. The minimum atomic E-state index is -0.238. The molecule has 0 radical (unpaired) electrons. The molecule has 0 bridgehead atoms. The average molecular weight is 313 g/mol. The average Bonchev–Trinajstić information content (AvgIpc) is 3.09. The smallest absolute Gasteiger partial charge is 0.279 e. The largest absolute Gasteiger partial charge is 0.360 e. The van der Waals surface area contributed by atoms with Crippen LogP contribution in [-0.4, -0.2) is 16.0 Å². The quantitative estimate of drug-likeness (QED) is 0.784. The van der Waals surface area contributed by atoms with Crippen molar-refractivity contribution in [2.24, 2.45) is 5.92 Å². The number of hydrogen-bond donors (Lipinski definition) is 1. The first-order valence-corrected chi connectivity index (χ1v) is 8.16. The van der Waals surface area contributed by atoms with Crippen LogP contribution in [0.5, 0.6) is 0 Å². The van der Waals surface area contributed by atoms with E-state index < -0.39 is 0 Å². The standard InChI is InChI=1S/C16H15N3O2S/c1-9-6-7-12-10(8-9)14(19-21-12)15(20)18-16-17-11-4-2-3-5-13(11)22-16/h2-5,9H,6-8H2,1H3,(H,17,18,20)/t9-/m1/s1. The number of aryl methyl sites for hydroxylation is 1. The van der Waals surface area contributed by atoms with E-state index in [0.29, 0.717) is 16.7 Å². The second-order valence-corrected chi connectivity index (χ2v) is 6.75. The summed E-state index contributed by atoms with van der Waals surface area (Å²) in [5, 5.41) is 7.41. The summed E-state index contributed by atoms with van der Waals surface area (Å²) in [6, 6.07) is 7.81. The zero-order chi connectivity index (χ0) is 15.1. The first-order chi connectivity index (χ1) is 10.7. The minimum Gasteiger partial charge on any atom is -0.360 e. The Balaban J connectivity index is 1.61. The lowest BCUT2D eigenvalue weighted by Crippen LogP contribution is -2.17. The number of aromatic nitrogens is 2. The van der Waals surface area contributed by atoms with Gasteiger partial charge < -0.3 is 4.52 Å². The number of carbonyl (C=O) groups is 1. The molecule has 1 atom stereocenters. The fourth-order valence-electron chi connectivity index (χ4n) is 2.84. The van der Waals surface area contributed by atoms with Gasteiger partial charge >= 0.3 is 0 Å². The van der Waals surface area contributed by atoms with E-state index in [1.54, 1.807) is 0 Å². The molecule has 0 unspecified atom stereocenters. The second-order valence-electron chi connectivity index (χ2n) is 5.72. The lowest BCUT2D eigenvalue weighted by atomic mass is 9.88. The maximum atomic E-state index is 12.5. The van der Waals surface area contributed by atoms with Crippen molar-refractivity contribution >= 4 is 32.6 Å². The second kappa shape index (κ2) is 5.21. The van der Waals surface area contributed by atoms with Gasteiger partial charge in [0.1, 0.15) is 5.76 Å². The molecule has 0 saturated carbocycles. The number of rotatable bonds is 2. The van der Waals surface area contributed by atoms with Crippen molar-refractivity contribution in [2.45, 2.75) is 26.2 Å². The number of amides is 1. The molecule has 4 rings (SSSR count). The molecular formula is C16H15N3O2S. The first-order valence-electron chi connectivity index (χ1n) is 7.35. The molecule has 6 heteroatoms. The highest BCUT2D eigenvalue weighted by atomic mass is 32.1. The fraction of sp³-hybridized carbons (Fsp3) is 0.312. The minimum absolute atomic E-state index is 0.238. The Hall–Kier alpha value is -2.21. The van der Waals surface area contributed by atoms with Gasteiger partial charge in [0.15, 0.2) is 10.8 Å². The van der Waals surface area contributed by atoms with Gasteiger partial charge in [-0.3, -0.25) is 10.1 Å². The van der Waals surface area contributed by atoms with Crippen LogP contribution in [0.15, 0.2) is 28.8 Å². The van der Waals surface area contributed by atoms with Crippen molar-refractivity contribution in [1.29, 1.82) is 0 Å². The van der Waals surface area contributed by atoms with Gasteiger partial charge in [-0.15, -0.1) is 0 Å². The van der Waals surface area contributed by atoms with Gasteiger partial charge in [-0.05, 0) is 30.9 Å². The molecule has 0 fully saturated rings. The van der Waals surface area contributed by atoms with Crippen LogP contribution in [0.1, 0.15) is 35.2 Å². The van der Waals surface area contributed by atoms with Gasteiger partial charge in [-0.2, -0.15) is 0 Å². The summed E-state index contributed by atoms with van der Waals surface area (Å²) in [7, 11) is 0. The van der Waals surface area contributed by atoms with Crippen molar-refractivity contribution in [3.63, 3.8) is 0 Å². The number of nitrogens with one attached hydrogen (secondary N) is 1. The Morgan fingerprint density at radius 3 is 3.14 bits per heavy atom. The van der Waals surface area contributed by atoms with E-state index in [9.17, 15) is 4.79 Å². The lowest BCUT2D eigenvalue weighted by molar-refractivity contribution is 0.101. The van der Waals surface area contributed by atoms with Gasteiger partial charge in [0, 0.05) is 12.0 Å². The number of nitrogens with zero attached hydrogens (tertiary/aromatic N) is 2. The first kappa shape index (κ1) is 13.5. The summed E-state index contributed by atoms with van der Waals surface area (Å²) >= 11 is 1.46. The van der Waals surface area contributed by atoms with E-state index in [1.165, 1.54) is 11.3 Å². The molecule has 0 spiro atoms. The molecule has 1 aliphatic carbocycles. The summed E-state index contributed by atoms with van der Waals surface area (Å²) in [6.45, 7) is 2.19. The van der Waals surface area contributed by atoms with Crippen LogP contribution in [0.25, 0.3) is 10.2 Å². The molecule has 1 N–H and O–H groups in total. The molecule has 112 valence electrons. The number of carbonyl (C=O) groups excluding carboxylic acids is 1. The van der Waals surface area contributed by atoms with Gasteiger partial charge in [-0.1, -0.05) is 35.5 Å². The molecule has 1 aromatic carbocycles. The number of hydrogen-bond acceptors (Lipinski definition) is 5. The van der Waals surface area contributed by atoms with E-state index in [4.69, 9.17) is 4.52 Å². The summed E-state index contributed by atoms with van der Waals surface area (Å²) in [5.41, 5.74) is 2.25. The molecule has 1 aliphatic rings. The number of para-hydroxylation sites is 1. The molecule has 0 saturated heterocycles. The molecule has 2 heterocycles. The van der Waals surface area contributed by atoms with Crippen molar-refractivity contribution in [2.75, 3.05) is 5.32 Å². The Kier molecular flexibility index (Phi) is 3.18. The number of benzene rings is 1. The highest BCUT2D eigenvalue weighted by molar-refractivity contribution is 7.22. The molecule has 3 aromatic rings. The summed E-state index contributed by atoms with van der Waals surface area (Å²) < 4.78 is 6.37. The maximum absolute atomic E-state index is 12.5. The van der Waals surface area contributed by atoms with Crippen LogP contribution in [0.3, 0.4) is 0 Å². The van der Waals surface area contributed by atoms with Crippen LogP contribution in [0.2, 0.25) is 0 Å². The Labute approximate surface area is 131 Å². The SMILES string of the molecule is C[C@@H]1CCc2onc(C(=O)Nc3nc4ccccc4s3)c2C1. The highest BCUT2D eigenvalue weighted by Crippen LogP contribution is 2.29. The summed E-state index contributed by atoms with van der Waals surface area (Å²) in [5.74, 6) is 1.17. The third-order valence-electron chi connectivity index (χ3n) is 4.02. The zero-order valence-electron chi connectivity index (χ0n) is 12.1. The van der Waals surface area contributed by atoms with Crippen LogP contribution in [-0.2, 0) is 12.8 Å². The van der Waals surface area contributed by atoms with Crippen molar-refractivity contribution in [3.8, 4) is 0 Å². The van der Waals surface area contributed by atoms with E-state index >= 15 is 0 Å². The van der Waals surface area contributed by atoms with Crippen LogP contribution in [0, 0.1) is 5.92 Å².